The Morgan fingerprint density at radius 1 is 1.24 bits per heavy atom. The van der Waals surface area contributed by atoms with E-state index in [0.717, 1.165) is 42.9 Å². The Kier molecular flexibility index (Phi) is 5.23. The lowest BCUT2D eigenvalue weighted by Gasteiger charge is -2.33. The number of hydrogen-bond donors (Lipinski definition) is 3. The number of anilines is 1. The van der Waals surface area contributed by atoms with Crippen molar-refractivity contribution in [3.05, 3.63) is 75.6 Å². The topological polar surface area (TPSA) is 99.0 Å². The van der Waals surface area contributed by atoms with Crippen LogP contribution in [0.15, 0.2) is 58.9 Å². The predicted molar refractivity (Wildman–Crippen MR) is 127 cm³/mol. The molecular formula is C25H29N5O3. The molecule has 172 valence electrons. The average molecular weight is 448 g/mol. The van der Waals surface area contributed by atoms with Gasteiger partial charge in [0, 0.05) is 43.3 Å². The normalized spacial score (nSPS) is 20.0. The molecule has 1 spiro atoms. The number of pyridine rings is 1. The van der Waals surface area contributed by atoms with E-state index in [1.165, 1.54) is 12.8 Å². The van der Waals surface area contributed by atoms with Crippen molar-refractivity contribution in [3.8, 4) is 0 Å². The van der Waals surface area contributed by atoms with E-state index in [9.17, 15) is 14.7 Å². The third-order valence-corrected chi connectivity index (χ3v) is 7.06. The summed E-state index contributed by atoms with van der Waals surface area (Å²) in [6, 6.07) is 3.35. The Hall–Kier alpha value is -3.55. The monoisotopic (exact) mass is 447 g/mol. The van der Waals surface area contributed by atoms with Crippen LogP contribution in [0.4, 0.5) is 5.82 Å². The number of hydrogen-bond acceptors (Lipinski definition) is 6. The van der Waals surface area contributed by atoms with Gasteiger partial charge in [0.15, 0.2) is 0 Å². The number of nitrogens with zero attached hydrogens (tertiary/aromatic N) is 3. The van der Waals surface area contributed by atoms with Crippen molar-refractivity contribution in [2.75, 3.05) is 18.0 Å². The molecule has 0 aromatic carbocycles. The van der Waals surface area contributed by atoms with Gasteiger partial charge in [0.25, 0.3) is 5.56 Å². The lowest BCUT2D eigenvalue weighted by atomic mass is 9.94. The first-order chi connectivity index (χ1) is 15.8. The molecule has 4 heterocycles. The zero-order chi connectivity index (χ0) is 23.2. The molecule has 0 amide bonds. The summed E-state index contributed by atoms with van der Waals surface area (Å²) in [5.74, 6) is -0.294. The quantitative estimate of drug-likeness (QED) is 0.648. The Bertz CT molecular complexity index is 1260. The molecule has 0 bridgehead atoms. The van der Waals surface area contributed by atoms with Crippen LogP contribution in [0.25, 0.3) is 5.65 Å². The highest BCUT2D eigenvalue weighted by Crippen LogP contribution is 2.53. The minimum Gasteiger partial charge on any atom is -0.478 e. The smallest absolute Gasteiger partial charge is 0.337 e. The maximum atomic E-state index is 13.0. The highest BCUT2D eigenvalue weighted by molar-refractivity contribution is 5.92. The molecule has 0 unspecified atom stereocenters. The molecule has 2 aromatic rings. The number of carboxylic acids is 1. The fourth-order valence-corrected chi connectivity index (χ4v) is 4.84. The van der Waals surface area contributed by atoms with Gasteiger partial charge in [0.2, 0.25) is 0 Å². The number of aromatic nitrogens is 2. The van der Waals surface area contributed by atoms with Gasteiger partial charge in [-0.1, -0.05) is 0 Å². The fraction of sp³-hybridized carbons (Fsp3) is 0.400. The zero-order valence-electron chi connectivity index (χ0n) is 19.0. The van der Waals surface area contributed by atoms with Gasteiger partial charge >= 0.3 is 5.97 Å². The molecule has 33 heavy (non-hydrogen) atoms. The van der Waals surface area contributed by atoms with E-state index in [1.807, 2.05) is 19.9 Å². The first kappa shape index (κ1) is 21.3. The van der Waals surface area contributed by atoms with Gasteiger partial charge in [0.1, 0.15) is 11.5 Å². The number of carboxylic acid groups (broad SMARTS) is 1. The van der Waals surface area contributed by atoms with Gasteiger partial charge in [-0.15, -0.1) is 0 Å². The van der Waals surface area contributed by atoms with Crippen LogP contribution >= 0.6 is 0 Å². The summed E-state index contributed by atoms with van der Waals surface area (Å²) in [5, 5.41) is 15.9. The molecule has 1 saturated heterocycles. The number of carbonyl (C=O) groups is 1. The summed E-state index contributed by atoms with van der Waals surface area (Å²) in [5.41, 5.74) is 3.43. The maximum Gasteiger partial charge on any atom is 0.337 e. The van der Waals surface area contributed by atoms with Gasteiger partial charge in [-0.2, -0.15) is 0 Å². The first-order valence-corrected chi connectivity index (χ1v) is 11.5. The summed E-state index contributed by atoms with van der Waals surface area (Å²) in [4.78, 5) is 31.9. The second-order valence-electron chi connectivity index (χ2n) is 9.44. The summed E-state index contributed by atoms with van der Waals surface area (Å²) in [7, 11) is 0. The standard InChI is InChI=1S/C25H29N5O3/c1-16-12-19(17(2)27-20-14-26-9-3-4-18(20)24(32)33)23-28-21(13-22(31)30(23)15-16)29-10-7-25(5-6-25)8-11-29/h3-4,9,12-15,17,26-27H,5-8,10-11H2,1-2H3,(H,32,33)/t17-/m1/s1. The van der Waals surface area contributed by atoms with Crippen LogP contribution < -0.4 is 21.1 Å². The molecule has 2 aliphatic heterocycles. The van der Waals surface area contributed by atoms with E-state index in [2.05, 4.69) is 15.5 Å². The van der Waals surface area contributed by atoms with E-state index in [1.54, 1.807) is 41.2 Å². The second-order valence-corrected chi connectivity index (χ2v) is 9.44. The second kappa shape index (κ2) is 8.10. The van der Waals surface area contributed by atoms with E-state index in [-0.39, 0.29) is 17.2 Å². The molecular weight excluding hydrogens is 418 g/mol. The molecule has 3 aliphatic rings. The van der Waals surface area contributed by atoms with Crippen LogP contribution in [-0.2, 0) is 4.79 Å². The van der Waals surface area contributed by atoms with Crippen LogP contribution in [0.3, 0.4) is 0 Å². The number of aryl methyl sites for hydroxylation is 1. The Morgan fingerprint density at radius 3 is 2.70 bits per heavy atom. The summed E-state index contributed by atoms with van der Waals surface area (Å²) < 4.78 is 1.59. The zero-order valence-corrected chi connectivity index (χ0v) is 19.0. The Labute approximate surface area is 192 Å². The van der Waals surface area contributed by atoms with Crippen LogP contribution in [0, 0.1) is 12.3 Å². The number of aliphatic carboxylic acids is 1. The van der Waals surface area contributed by atoms with Crippen LogP contribution in [-0.4, -0.2) is 33.6 Å². The van der Waals surface area contributed by atoms with Crippen molar-refractivity contribution in [2.45, 2.75) is 45.6 Å². The number of rotatable bonds is 5. The minimum atomic E-state index is -1.02. The molecule has 5 rings (SSSR count). The highest BCUT2D eigenvalue weighted by atomic mass is 16.4. The van der Waals surface area contributed by atoms with E-state index in [0.29, 0.717) is 16.8 Å². The predicted octanol–water partition coefficient (Wildman–Crippen LogP) is 3.00. The van der Waals surface area contributed by atoms with Crippen molar-refractivity contribution in [1.82, 2.24) is 20.0 Å². The molecule has 8 heteroatoms. The molecule has 2 aromatic heterocycles. The van der Waals surface area contributed by atoms with Gasteiger partial charge in [-0.05, 0) is 68.7 Å². The molecule has 1 saturated carbocycles. The van der Waals surface area contributed by atoms with Crippen molar-refractivity contribution in [1.29, 1.82) is 0 Å². The average Bonchev–Trinajstić information content (AvgIpc) is 3.57. The Balaban J connectivity index is 1.50. The van der Waals surface area contributed by atoms with E-state index in [4.69, 9.17) is 4.98 Å². The van der Waals surface area contributed by atoms with Gasteiger partial charge in [-0.25, -0.2) is 9.78 Å². The molecule has 0 radical (unpaired) electrons. The van der Waals surface area contributed by atoms with Gasteiger partial charge in [0.05, 0.1) is 17.3 Å². The molecule has 1 aliphatic carbocycles. The van der Waals surface area contributed by atoms with Crippen molar-refractivity contribution in [3.63, 3.8) is 0 Å². The number of piperidine rings is 1. The largest absolute Gasteiger partial charge is 0.478 e. The highest BCUT2D eigenvalue weighted by Gasteiger charge is 2.44. The van der Waals surface area contributed by atoms with Gasteiger partial charge in [-0.3, -0.25) is 9.20 Å². The van der Waals surface area contributed by atoms with Crippen LogP contribution in [0.5, 0.6) is 0 Å². The first-order valence-electron chi connectivity index (χ1n) is 11.5. The lowest BCUT2D eigenvalue weighted by Crippen LogP contribution is -2.36. The third-order valence-electron chi connectivity index (χ3n) is 7.06. The SMILES string of the molecule is Cc1cc([C@@H](C)NC2=CNC=CC=C2C(=O)O)c2nc(N3CCC4(CC3)CC4)cc(=O)n2c1. The molecule has 8 nitrogen and oxygen atoms in total. The van der Waals surface area contributed by atoms with Gasteiger partial charge < -0.3 is 20.6 Å². The summed E-state index contributed by atoms with van der Waals surface area (Å²) in [6.45, 7) is 5.74. The number of allylic oxidation sites excluding steroid dienone is 2. The van der Waals surface area contributed by atoms with Crippen molar-refractivity contribution in [2.24, 2.45) is 5.41 Å². The molecule has 1 atom stereocenters. The fourth-order valence-electron chi connectivity index (χ4n) is 4.84. The summed E-state index contributed by atoms with van der Waals surface area (Å²) in [6.07, 6.45) is 13.3. The molecule has 3 N–H and O–H groups in total. The van der Waals surface area contributed by atoms with Crippen LogP contribution in [0.1, 0.15) is 49.8 Å². The molecule has 2 fully saturated rings. The maximum absolute atomic E-state index is 13.0. The third kappa shape index (κ3) is 4.13. The lowest BCUT2D eigenvalue weighted by molar-refractivity contribution is -0.132. The van der Waals surface area contributed by atoms with Crippen molar-refractivity contribution < 1.29 is 9.90 Å². The van der Waals surface area contributed by atoms with Crippen molar-refractivity contribution >= 4 is 17.4 Å². The van der Waals surface area contributed by atoms with E-state index >= 15 is 0 Å². The van der Waals surface area contributed by atoms with E-state index < -0.39 is 5.97 Å². The number of fused-ring (bicyclic) bond motifs is 1. The summed E-state index contributed by atoms with van der Waals surface area (Å²) >= 11 is 0. The van der Waals surface area contributed by atoms with Crippen LogP contribution in [0.2, 0.25) is 0 Å². The minimum absolute atomic E-state index is 0.107. The Morgan fingerprint density at radius 2 is 2.00 bits per heavy atom. The number of nitrogens with one attached hydrogen (secondary N) is 2.